The molecule has 2 aromatic rings. The summed E-state index contributed by atoms with van der Waals surface area (Å²) in [5, 5.41) is 3.52. The lowest BCUT2D eigenvalue weighted by atomic mass is 9.98. The Labute approximate surface area is 134 Å². The molecule has 1 aromatic carbocycles. The van der Waals surface area contributed by atoms with Gasteiger partial charge in [-0.15, -0.1) is 11.3 Å². The van der Waals surface area contributed by atoms with Crippen molar-refractivity contribution in [1.29, 1.82) is 0 Å². The highest BCUT2D eigenvalue weighted by Crippen LogP contribution is 2.34. The first-order valence-corrected chi connectivity index (χ1v) is 8.38. The summed E-state index contributed by atoms with van der Waals surface area (Å²) in [5.74, 6) is 0.553. The molecule has 1 aromatic heterocycles. The smallest absolute Gasteiger partial charge is 0.0991 e. The Bertz CT molecular complexity index is 539. The van der Waals surface area contributed by atoms with Gasteiger partial charge in [0.05, 0.1) is 8.67 Å². The SMILES string of the molecule is CC(CCNC(C)c1cc(Cl)sc1Cl)c1ccccc1. The van der Waals surface area contributed by atoms with Gasteiger partial charge in [0, 0.05) is 6.04 Å². The quantitative estimate of drug-likeness (QED) is 0.696. The Morgan fingerprint density at radius 3 is 2.45 bits per heavy atom. The third kappa shape index (κ3) is 4.23. The van der Waals surface area contributed by atoms with E-state index in [0.29, 0.717) is 5.92 Å². The van der Waals surface area contributed by atoms with Gasteiger partial charge in [-0.05, 0) is 43.0 Å². The number of hydrogen-bond acceptors (Lipinski definition) is 2. The predicted molar refractivity (Wildman–Crippen MR) is 90.2 cm³/mol. The maximum absolute atomic E-state index is 6.17. The van der Waals surface area contributed by atoms with Crippen molar-refractivity contribution in [2.24, 2.45) is 0 Å². The molecule has 0 spiro atoms. The third-order valence-corrected chi connectivity index (χ3v) is 5.06. The van der Waals surface area contributed by atoms with Gasteiger partial charge in [0.25, 0.3) is 0 Å². The number of benzene rings is 1. The molecule has 0 aliphatic heterocycles. The first-order valence-electron chi connectivity index (χ1n) is 6.81. The van der Waals surface area contributed by atoms with Crippen LogP contribution in [-0.4, -0.2) is 6.54 Å². The Balaban J connectivity index is 1.82. The minimum Gasteiger partial charge on any atom is -0.310 e. The summed E-state index contributed by atoms with van der Waals surface area (Å²) >= 11 is 13.6. The molecule has 0 saturated carbocycles. The van der Waals surface area contributed by atoms with E-state index in [4.69, 9.17) is 23.2 Å². The fourth-order valence-electron chi connectivity index (χ4n) is 2.22. The van der Waals surface area contributed by atoms with E-state index in [1.165, 1.54) is 16.9 Å². The van der Waals surface area contributed by atoms with Crippen molar-refractivity contribution in [2.75, 3.05) is 6.54 Å². The van der Waals surface area contributed by atoms with E-state index in [0.717, 1.165) is 27.2 Å². The Hall–Kier alpha value is -0.540. The minimum absolute atomic E-state index is 0.231. The predicted octanol–water partition coefficient (Wildman–Crippen LogP) is 5.90. The molecule has 108 valence electrons. The average Bonchev–Trinajstić information content (AvgIpc) is 2.78. The molecule has 1 nitrogen and oxygen atoms in total. The summed E-state index contributed by atoms with van der Waals surface area (Å²) in [5.41, 5.74) is 2.48. The monoisotopic (exact) mass is 327 g/mol. The van der Waals surface area contributed by atoms with Crippen LogP contribution in [0.25, 0.3) is 0 Å². The van der Waals surface area contributed by atoms with Crippen molar-refractivity contribution in [3.8, 4) is 0 Å². The molecule has 1 N–H and O–H groups in total. The third-order valence-electron chi connectivity index (χ3n) is 3.55. The first kappa shape index (κ1) is 15.8. The number of thiophene rings is 1. The molecule has 0 saturated heterocycles. The largest absolute Gasteiger partial charge is 0.310 e. The van der Waals surface area contributed by atoms with E-state index in [-0.39, 0.29) is 6.04 Å². The van der Waals surface area contributed by atoms with Crippen LogP contribution in [0, 0.1) is 0 Å². The molecule has 20 heavy (non-hydrogen) atoms. The van der Waals surface area contributed by atoms with Gasteiger partial charge in [0.2, 0.25) is 0 Å². The fourth-order valence-corrected chi connectivity index (χ4v) is 3.87. The van der Waals surface area contributed by atoms with Gasteiger partial charge in [-0.25, -0.2) is 0 Å². The summed E-state index contributed by atoms with van der Waals surface area (Å²) in [4.78, 5) is 0. The lowest BCUT2D eigenvalue weighted by Gasteiger charge is -2.16. The molecule has 0 amide bonds. The molecule has 0 aliphatic carbocycles. The van der Waals surface area contributed by atoms with Crippen molar-refractivity contribution in [1.82, 2.24) is 5.32 Å². The highest BCUT2D eigenvalue weighted by atomic mass is 35.5. The van der Waals surface area contributed by atoms with Crippen molar-refractivity contribution < 1.29 is 0 Å². The molecule has 2 rings (SSSR count). The summed E-state index contributed by atoms with van der Waals surface area (Å²) in [7, 11) is 0. The number of halogens is 2. The first-order chi connectivity index (χ1) is 9.58. The standard InChI is InChI=1S/C16H19Cl2NS/c1-11(13-6-4-3-5-7-13)8-9-19-12(2)14-10-15(17)20-16(14)18/h3-7,10-12,19H,8-9H2,1-2H3. The van der Waals surface area contributed by atoms with Crippen molar-refractivity contribution in [3.05, 3.63) is 56.2 Å². The average molecular weight is 328 g/mol. The van der Waals surface area contributed by atoms with Gasteiger partial charge < -0.3 is 5.32 Å². The number of hydrogen-bond donors (Lipinski definition) is 1. The summed E-state index contributed by atoms with van der Waals surface area (Å²) in [6.45, 7) is 5.34. The summed E-state index contributed by atoms with van der Waals surface area (Å²) in [6, 6.07) is 12.8. The number of nitrogens with one attached hydrogen (secondary N) is 1. The topological polar surface area (TPSA) is 12.0 Å². The maximum Gasteiger partial charge on any atom is 0.0991 e. The van der Waals surface area contributed by atoms with E-state index < -0.39 is 0 Å². The van der Waals surface area contributed by atoms with Crippen molar-refractivity contribution >= 4 is 34.5 Å². The Morgan fingerprint density at radius 1 is 1.15 bits per heavy atom. The van der Waals surface area contributed by atoms with Crippen LogP contribution in [0.4, 0.5) is 0 Å². The molecule has 0 bridgehead atoms. The molecular weight excluding hydrogens is 309 g/mol. The summed E-state index contributed by atoms with van der Waals surface area (Å²) in [6.07, 6.45) is 1.10. The molecule has 1 heterocycles. The maximum atomic E-state index is 6.17. The van der Waals surface area contributed by atoms with E-state index in [9.17, 15) is 0 Å². The molecular formula is C16H19Cl2NS. The zero-order chi connectivity index (χ0) is 14.5. The summed E-state index contributed by atoms with van der Waals surface area (Å²) < 4.78 is 1.53. The van der Waals surface area contributed by atoms with Crippen LogP contribution in [0.5, 0.6) is 0 Å². The second kappa shape index (κ2) is 7.46. The van der Waals surface area contributed by atoms with Gasteiger partial charge >= 0.3 is 0 Å². The van der Waals surface area contributed by atoms with E-state index in [2.05, 4.69) is 49.5 Å². The second-order valence-electron chi connectivity index (χ2n) is 5.06. The zero-order valence-corrected chi connectivity index (χ0v) is 14.0. The van der Waals surface area contributed by atoms with Crippen LogP contribution < -0.4 is 5.32 Å². The second-order valence-corrected chi connectivity index (χ2v) is 7.34. The van der Waals surface area contributed by atoms with Gasteiger partial charge in [0.15, 0.2) is 0 Å². The number of rotatable bonds is 6. The molecule has 0 fully saturated rings. The minimum atomic E-state index is 0.231. The lowest BCUT2D eigenvalue weighted by molar-refractivity contribution is 0.532. The van der Waals surface area contributed by atoms with Crippen LogP contribution in [0.2, 0.25) is 8.67 Å². The normalized spacial score (nSPS) is 14.2. The molecule has 0 radical (unpaired) electrons. The zero-order valence-electron chi connectivity index (χ0n) is 11.7. The van der Waals surface area contributed by atoms with Crippen LogP contribution in [-0.2, 0) is 0 Å². The van der Waals surface area contributed by atoms with Gasteiger partial charge in [-0.3, -0.25) is 0 Å². The van der Waals surface area contributed by atoms with E-state index in [1.807, 2.05) is 6.07 Å². The van der Waals surface area contributed by atoms with Crippen LogP contribution in [0.3, 0.4) is 0 Å². The molecule has 2 unspecified atom stereocenters. The molecule has 0 aliphatic rings. The lowest BCUT2D eigenvalue weighted by Crippen LogP contribution is -2.20. The van der Waals surface area contributed by atoms with Crippen LogP contribution >= 0.6 is 34.5 Å². The van der Waals surface area contributed by atoms with Crippen molar-refractivity contribution in [3.63, 3.8) is 0 Å². The molecule has 2 atom stereocenters. The fraction of sp³-hybridized carbons (Fsp3) is 0.375. The van der Waals surface area contributed by atoms with Crippen LogP contribution in [0.15, 0.2) is 36.4 Å². The Kier molecular flexibility index (Phi) is 5.91. The van der Waals surface area contributed by atoms with Gasteiger partial charge in [-0.1, -0.05) is 60.5 Å². The van der Waals surface area contributed by atoms with E-state index >= 15 is 0 Å². The van der Waals surface area contributed by atoms with Gasteiger partial charge in [-0.2, -0.15) is 0 Å². The molecule has 4 heteroatoms. The van der Waals surface area contributed by atoms with E-state index in [1.54, 1.807) is 0 Å². The highest BCUT2D eigenvalue weighted by Gasteiger charge is 2.13. The van der Waals surface area contributed by atoms with Crippen molar-refractivity contribution in [2.45, 2.75) is 32.2 Å². The van der Waals surface area contributed by atoms with Crippen LogP contribution in [0.1, 0.15) is 43.4 Å². The Morgan fingerprint density at radius 2 is 1.85 bits per heavy atom. The highest BCUT2D eigenvalue weighted by molar-refractivity contribution is 7.20. The van der Waals surface area contributed by atoms with Gasteiger partial charge in [0.1, 0.15) is 0 Å².